The van der Waals surface area contributed by atoms with E-state index in [9.17, 15) is 0 Å². The summed E-state index contributed by atoms with van der Waals surface area (Å²) in [5, 5.41) is 14.4. The SMILES string of the molecule is CCn1ncc2c1ncc1c(NC(C)C)nc3cc(C)nn3c12. The molecule has 7 heteroatoms. The monoisotopic (exact) mass is 309 g/mol. The summed E-state index contributed by atoms with van der Waals surface area (Å²) in [6.07, 6.45) is 3.73. The van der Waals surface area contributed by atoms with Crippen molar-refractivity contribution in [2.24, 2.45) is 0 Å². The van der Waals surface area contributed by atoms with Gasteiger partial charge in [0.25, 0.3) is 0 Å². The zero-order valence-corrected chi connectivity index (χ0v) is 13.7. The fraction of sp³-hybridized carbons (Fsp3) is 0.375. The number of anilines is 1. The quantitative estimate of drug-likeness (QED) is 0.630. The lowest BCUT2D eigenvalue weighted by Gasteiger charge is -2.13. The molecular formula is C16H19N7. The van der Waals surface area contributed by atoms with E-state index < -0.39 is 0 Å². The van der Waals surface area contributed by atoms with E-state index in [4.69, 9.17) is 4.98 Å². The maximum Gasteiger partial charge on any atom is 0.159 e. The van der Waals surface area contributed by atoms with Gasteiger partial charge in [-0.15, -0.1) is 0 Å². The van der Waals surface area contributed by atoms with Crippen molar-refractivity contribution in [3.63, 3.8) is 0 Å². The Labute approximate surface area is 133 Å². The molecule has 0 aliphatic carbocycles. The van der Waals surface area contributed by atoms with E-state index in [2.05, 4.69) is 41.3 Å². The van der Waals surface area contributed by atoms with Crippen LogP contribution in [0.4, 0.5) is 5.82 Å². The molecule has 0 saturated carbocycles. The van der Waals surface area contributed by atoms with Crippen molar-refractivity contribution in [1.82, 2.24) is 29.4 Å². The summed E-state index contributed by atoms with van der Waals surface area (Å²) < 4.78 is 3.79. The second kappa shape index (κ2) is 4.91. The Hall–Kier alpha value is -2.70. The summed E-state index contributed by atoms with van der Waals surface area (Å²) in [5.41, 5.74) is 3.63. The predicted octanol–water partition coefficient (Wildman–Crippen LogP) is 2.78. The first-order chi connectivity index (χ1) is 11.1. The van der Waals surface area contributed by atoms with Gasteiger partial charge < -0.3 is 5.32 Å². The molecule has 0 unspecified atom stereocenters. The van der Waals surface area contributed by atoms with Gasteiger partial charge in [-0.05, 0) is 27.7 Å². The Morgan fingerprint density at radius 2 is 2.04 bits per heavy atom. The number of nitrogens with zero attached hydrogens (tertiary/aromatic N) is 6. The highest BCUT2D eigenvalue weighted by Gasteiger charge is 2.16. The van der Waals surface area contributed by atoms with Crippen LogP contribution in [0.15, 0.2) is 18.5 Å². The van der Waals surface area contributed by atoms with Crippen LogP contribution in [0.5, 0.6) is 0 Å². The third kappa shape index (κ3) is 2.03. The van der Waals surface area contributed by atoms with Crippen LogP contribution in [-0.2, 0) is 6.54 Å². The molecule has 1 N–H and O–H groups in total. The van der Waals surface area contributed by atoms with Gasteiger partial charge in [0.2, 0.25) is 0 Å². The molecule has 0 amide bonds. The predicted molar refractivity (Wildman–Crippen MR) is 90.7 cm³/mol. The van der Waals surface area contributed by atoms with Crippen molar-refractivity contribution in [1.29, 1.82) is 0 Å². The standard InChI is InChI=1S/C16H19N7/c1-5-22-16-12(8-18-22)14-11(7-17-16)15(19-9(2)3)20-13-6-10(4)21-23(13)14/h6-9H,5H2,1-4H3,(H,19,20). The molecule has 0 atom stereocenters. The minimum Gasteiger partial charge on any atom is -0.367 e. The number of pyridine rings is 1. The van der Waals surface area contributed by atoms with Gasteiger partial charge in [-0.2, -0.15) is 10.2 Å². The largest absolute Gasteiger partial charge is 0.367 e. The molecule has 0 spiro atoms. The highest BCUT2D eigenvalue weighted by atomic mass is 15.3. The topological polar surface area (TPSA) is 72.9 Å². The molecule has 118 valence electrons. The number of nitrogens with one attached hydrogen (secondary N) is 1. The normalized spacial score (nSPS) is 12.0. The molecule has 0 aromatic carbocycles. The van der Waals surface area contributed by atoms with E-state index in [1.165, 1.54) is 0 Å². The lowest BCUT2D eigenvalue weighted by Crippen LogP contribution is -2.12. The van der Waals surface area contributed by atoms with Crippen molar-refractivity contribution in [2.75, 3.05) is 5.32 Å². The number of aromatic nitrogens is 6. The summed E-state index contributed by atoms with van der Waals surface area (Å²) in [5.74, 6) is 0.834. The Balaban J connectivity index is 2.19. The van der Waals surface area contributed by atoms with Crippen LogP contribution in [0.2, 0.25) is 0 Å². The number of rotatable bonds is 3. The second-order valence-corrected chi connectivity index (χ2v) is 6.03. The Morgan fingerprint density at radius 1 is 1.22 bits per heavy atom. The highest BCUT2D eigenvalue weighted by Crippen LogP contribution is 2.29. The summed E-state index contributed by atoms with van der Waals surface area (Å²) in [7, 11) is 0. The van der Waals surface area contributed by atoms with E-state index in [-0.39, 0.29) is 6.04 Å². The molecule has 4 rings (SSSR count). The molecule has 0 radical (unpaired) electrons. The smallest absolute Gasteiger partial charge is 0.159 e. The number of fused-ring (bicyclic) bond motifs is 5. The fourth-order valence-electron chi connectivity index (χ4n) is 2.94. The molecular weight excluding hydrogens is 290 g/mol. The van der Waals surface area contributed by atoms with Crippen LogP contribution in [0.25, 0.3) is 27.6 Å². The first-order valence-corrected chi connectivity index (χ1v) is 7.85. The molecule has 0 bridgehead atoms. The highest BCUT2D eigenvalue weighted by molar-refractivity contribution is 6.06. The van der Waals surface area contributed by atoms with Crippen molar-refractivity contribution in [3.05, 3.63) is 24.2 Å². The number of hydrogen-bond donors (Lipinski definition) is 1. The van der Waals surface area contributed by atoms with Crippen molar-refractivity contribution in [2.45, 2.75) is 40.3 Å². The molecule has 4 aromatic rings. The van der Waals surface area contributed by atoms with Gasteiger partial charge in [0, 0.05) is 24.8 Å². The minimum absolute atomic E-state index is 0.284. The van der Waals surface area contributed by atoms with Gasteiger partial charge in [-0.3, -0.25) is 0 Å². The van der Waals surface area contributed by atoms with Crippen molar-refractivity contribution in [3.8, 4) is 0 Å². The average Bonchev–Trinajstić information content (AvgIpc) is 3.08. The molecule has 0 aliphatic heterocycles. The molecule has 0 saturated heterocycles. The van der Waals surface area contributed by atoms with Gasteiger partial charge in [-0.25, -0.2) is 19.2 Å². The van der Waals surface area contributed by atoms with Crippen LogP contribution < -0.4 is 5.32 Å². The van der Waals surface area contributed by atoms with Crippen LogP contribution in [0.1, 0.15) is 26.5 Å². The summed E-state index contributed by atoms with van der Waals surface area (Å²) in [6.45, 7) is 9.01. The fourth-order valence-corrected chi connectivity index (χ4v) is 2.94. The maximum absolute atomic E-state index is 4.72. The lowest BCUT2D eigenvalue weighted by atomic mass is 10.2. The zero-order valence-electron chi connectivity index (χ0n) is 13.7. The first kappa shape index (κ1) is 13.9. The van der Waals surface area contributed by atoms with Crippen LogP contribution in [-0.4, -0.2) is 35.4 Å². The van der Waals surface area contributed by atoms with E-state index in [0.717, 1.165) is 45.6 Å². The molecule has 4 heterocycles. The Bertz CT molecular complexity index is 1030. The number of hydrogen-bond acceptors (Lipinski definition) is 5. The second-order valence-electron chi connectivity index (χ2n) is 6.03. The van der Waals surface area contributed by atoms with Crippen LogP contribution in [0.3, 0.4) is 0 Å². The molecule has 0 fully saturated rings. The third-order valence-corrected chi connectivity index (χ3v) is 3.87. The Kier molecular flexibility index (Phi) is 2.97. The average molecular weight is 309 g/mol. The van der Waals surface area contributed by atoms with Gasteiger partial charge >= 0.3 is 0 Å². The molecule has 7 nitrogen and oxygen atoms in total. The van der Waals surface area contributed by atoms with Crippen LogP contribution >= 0.6 is 0 Å². The van der Waals surface area contributed by atoms with E-state index in [1.54, 1.807) is 0 Å². The lowest BCUT2D eigenvalue weighted by molar-refractivity contribution is 0.677. The summed E-state index contributed by atoms with van der Waals surface area (Å²) >= 11 is 0. The van der Waals surface area contributed by atoms with Gasteiger partial charge in [0.15, 0.2) is 11.3 Å². The minimum atomic E-state index is 0.284. The van der Waals surface area contributed by atoms with Crippen molar-refractivity contribution >= 4 is 33.4 Å². The van der Waals surface area contributed by atoms with Crippen molar-refractivity contribution < 1.29 is 0 Å². The van der Waals surface area contributed by atoms with Gasteiger partial charge in [0.1, 0.15) is 5.82 Å². The van der Waals surface area contributed by atoms with Crippen LogP contribution in [0, 0.1) is 6.92 Å². The summed E-state index contributed by atoms with van der Waals surface area (Å²) in [6, 6.07) is 2.27. The number of aryl methyl sites for hydroxylation is 2. The zero-order chi connectivity index (χ0) is 16.1. The maximum atomic E-state index is 4.72. The molecule has 0 aliphatic rings. The van der Waals surface area contributed by atoms with E-state index >= 15 is 0 Å². The summed E-state index contributed by atoms with van der Waals surface area (Å²) in [4.78, 5) is 9.32. The molecule has 4 aromatic heterocycles. The van der Waals surface area contributed by atoms with Gasteiger partial charge in [-0.1, -0.05) is 0 Å². The van der Waals surface area contributed by atoms with Gasteiger partial charge in [0.05, 0.1) is 28.2 Å². The Morgan fingerprint density at radius 3 is 2.78 bits per heavy atom. The van der Waals surface area contributed by atoms with E-state index in [1.807, 2.05) is 34.6 Å². The molecule has 23 heavy (non-hydrogen) atoms. The van der Waals surface area contributed by atoms with E-state index in [0.29, 0.717) is 0 Å². The first-order valence-electron chi connectivity index (χ1n) is 7.85. The third-order valence-electron chi connectivity index (χ3n) is 3.87.